The first kappa shape index (κ1) is 19.6. The maximum absolute atomic E-state index is 12.6. The molecule has 1 heterocycles. The summed E-state index contributed by atoms with van der Waals surface area (Å²) in [5, 5.41) is 10.3. The van der Waals surface area contributed by atoms with Crippen molar-refractivity contribution in [2.45, 2.75) is 32.8 Å². The fourth-order valence-electron chi connectivity index (χ4n) is 3.59. The van der Waals surface area contributed by atoms with E-state index in [4.69, 9.17) is 4.74 Å². The molecular formula is C23H29NO3. The van der Waals surface area contributed by atoms with Gasteiger partial charge in [0.25, 0.3) is 0 Å². The molecule has 0 amide bonds. The number of aliphatic hydroxyl groups excluding tert-OH is 1. The molecule has 1 aliphatic heterocycles. The molecule has 0 saturated carbocycles. The topological polar surface area (TPSA) is 49.8 Å². The number of likely N-dealkylation sites (tertiary alicyclic amines) is 1. The lowest BCUT2D eigenvalue weighted by Gasteiger charge is -2.32. The number of para-hydroxylation sites is 1. The second-order valence-corrected chi connectivity index (χ2v) is 7.54. The first-order chi connectivity index (χ1) is 13.0. The van der Waals surface area contributed by atoms with Gasteiger partial charge in [0.2, 0.25) is 0 Å². The average Bonchev–Trinajstić information content (AvgIpc) is 2.68. The minimum Gasteiger partial charge on any atom is -0.491 e. The van der Waals surface area contributed by atoms with E-state index in [1.54, 1.807) is 0 Å². The van der Waals surface area contributed by atoms with Crippen LogP contribution >= 0.6 is 0 Å². The van der Waals surface area contributed by atoms with E-state index in [-0.39, 0.29) is 18.3 Å². The predicted octanol–water partition coefficient (Wildman–Crippen LogP) is 3.64. The number of benzene rings is 2. The van der Waals surface area contributed by atoms with Gasteiger partial charge in [-0.2, -0.15) is 0 Å². The molecule has 1 aliphatic rings. The molecule has 0 aliphatic carbocycles. The Morgan fingerprint density at radius 1 is 1.11 bits per heavy atom. The molecule has 2 aromatic carbocycles. The third-order valence-corrected chi connectivity index (χ3v) is 5.29. The number of carbonyl (C=O) groups is 1. The van der Waals surface area contributed by atoms with E-state index >= 15 is 0 Å². The summed E-state index contributed by atoms with van der Waals surface area (Å²) in [7, 11) is 0. The molecule has 1 unspecified atom stereocenters. The summed E-state index contributed by atoms with van der Waals surface area (Å²) < 4.78 is 5.74. The number of ketones is 1. The molecule has 0 spiro atoms. The largest absolute Gasteiger partial charge is 0.491 e. The lowest BCUT2D eigenvalue weighted by molar-refractivity contribution is 0.0523. The summed E-state index contributed by atoms with van der Waals surface area (Å²) in [6.07, 6.45) is 1.16. The Labute approximate surface area is 161 Å². The van der Waals surface area contributed by atoms with Crippen LogP contribution in [0.15, 0.2) is 48.5 Å². The van der Waals surface area contributed by atoms with Crippen LogP contribution in [0.2, 0.25) is 0 Å². The summed E-state index contributed by atoms with van der Waals surface area (Å²) >= 11 is 0. The lowest BCUT2D eigenvalue weighted by Crippen LogP contribution is -2.42. The van der Waals surface area contributed by atoms with Gasteiger partial charge in [-0.05, 0) is 51.4 Å². The van der Waals surface area contributed by atoms with Crippen LogP contribution in [0, 0.1) is 19.8 Å². The number of nitrogens with zero attached hydrogens (tertiary/aromatic N) is 1. The van der Waals surface area contributed by atoms with Gasteiger partial charge in [-0.1, -0.05) is 48.0 Å². The maximum Gasteiger partial charge on any atom is 0.166 e. The average molecular weight is 367 g/mol. The summed E-state index contributed by atoms with van der Waals surface area (Å²) in [6.45, 7) is 6.57. The zero-order chi connectivity index (χ0) is 19.2. The van der Waals surface area contributed by atoms with Crippen molar-refractivity contribution in [3.8, 4) is 5.75 Å². The van der Waals surface area contributed by atoms with Crippen molar-refractivity contribution in [1.82, 2.24) is 4.90 Å². The molecule has 0 aromatic heterocycles. The minimum atomic E-state index is -0.533. The minimum absolute atomic E-state index is 0.0873. The lowest BCUT2D eigenvalue weighted by atomic mass is 9.88. The highest BCUT2D eigenvalue weighted by atomic mass is 16.5. The number of β-amino-alcohol motifs (C(OH)–C–C–N with tert-alkyl or cyclic N) is 1. The Kier molecular flexibility index (Phi) is 6.64. The molecule has 1 fully saturated rings. The zero-order valence-corrected chi connectivity index (χ0v) is 16.2. The molecule has 4 nitrogen and oxygen atoms in total. The highest BCUT2D eigenvalue weighted by Gasteiger charge is 2.26. The quantitative estimate of drug-likeness (QED) is 0.759. The van der Waals surface area contributed by atoms with Gasteiger partial charge in [-0.3, -0.25) is 4.79 Å². The van der Waals surface area contributed by atoms with Gasteiger partial charge < -0.3 is 14.7 Å². The maximum atomic E-state index is 12.6. The third kappa shape index (κ3) is 5.41. The number of hydrogen-bond donors (Lipinski definition) is 1. The van der Waals surface area contributed by atoms with Crippen molar-refractivity contribution in [2.24, 2.45) is 5.92 Å². The molecule has 27 heavy (non-hydrogen) atoms. The predicted molar refractivity (Wildman–Crippen MR) is 107 cm³/mol. The van der Waals surface area contributed by atoms with Crippen molar-refractivity contribution < 1.29 is 14.6 Å². The van der Waals surface area contributed by atoms with Gasteiger partial charge in [0.15, 0.2) is 5.78 Å². The van der Waals surface area contributed by atoms with Gasteiger partial charge in [0.1, 0.15) is 18.5 Å². The third-order valence-electron chi connectivity index (χ3n) is 5.29. The number of aryl methyl sites for hydroxylation is 2. The van der Waals surface area contributed by atoms with Crippen LogP contribution in [0.3, 0.4) is 0 Å². The fourth-order valence-corrected chi connectivity index (χ4v) is 3.59. The van der Waals surface area contributed by atoms with Gasteiger partial charge >= 0.3 is 0 Å². The first-order valence-electron chi connectivity index (χ1n) is 9.72. The number of hydrogen-bond acceptors (Lipinski definition) is 4. The zero-order valence-electron chi connectivity index (χ0n) is 16.2. The SMILES string of the molecule is Cc1ccc(C(=O)C2CCN(CC(O)COc3ccccc3C)CC2)cc1. The summed E-state index contributed by atoms with van der Waals surface area (Å²) in [4.78, 5) is 14.9. The molecule has 144 valence electrons. The molecule has 4 heteroatoms. The van der Waals surface area contributed by atoms with Gasteiger partial charge in [-0.25, -0.2) is 0 Å². The Hall–Kier alpha value is -2.17. The van der Waals surface area contributed by atoms with Crippen LogP contribution in [-0.2, 0) is 0 Å². The van der Waals surface area contributed by atoms with E-state index in [1.807, 2.05) is 62.4 Å². The molecule has 3 rings (SSSR count). The van der Waals surface area contributed by atoms with Gasteiger partial charge in [-0.15, -0.1) is 0 Å². The van der Waals surface area contributed by atoms with Gasteiger partial charge in [0, 0.05) is 18.0 Å². The molecule has 2 aromatic rings. The van der Waals surface area contributed by atoms with Crippen LogP contribution in [0.1, 0.15) is 34.3 Å². The molecule has 1 saturated heterocycles. The molecule has 1 N–H and O–H groups in total. The van der Waals surface area contributed by atoms with Crippen molar-refractivity contribution in [2.75, 3.05) is 26.2 Å². The van der Waals surface area contributed by atoms with Crippen LogP contribution < -0.4 is 4.74 Å². The number of Topliss-reactive ketones (excluding diaryl/α,β-unsaturated/α-hetero) is 1. The van der Waals surface area contributed by atoms with Crippen molar-refractivity contribution in [3.63, 3.8) is 0 Å². The second kappa shape index (κ2) is 9.16. The molecular weight excluding hydrogens is 338 g/mol. The van der Waals surface area contributed by atoms with Crippen molar-refractivity contribution >= 4 is 5.78 Å². The van der Waals surface area contributed by atoms with E-state index in [0.717, 1.165) is 42.8 Å². The van der Waals surface area contributed by atoms with Crippen LogP contribution in [0.5, 0.6) is 5.75 Å². The Balaban J connectivity index is 1.43. The molecule has 1 atom stereocenters. The number of rotatable bonds is 7. The van der Waals surface area contributed by atoms with Crippen LogP contribution in [-0.4, -0.2) is 48.1 Å². The van der Waals surface area contributed by atoms with Crippen molar-refractivity contribution in [3.05, 3.63) is 65.2 Å². The number of ether oxygens (including phenoxy) is 1. The standard InChI is InChI=1S/C23H29NO3/c1-17-7-9-19(10-8-17)23(26)20-11-13-24(14-12-20)15-21(25)16-27-22-6-4-3-5-18(22)2/h3-10,20-21,25H,11-16H2,1-2H3. The summed E-state index contributed by atoms with van der Waals surface area (Å²) in [5.41, 5.74) is 3.05. The fraction of sp³-hybridized carbons (Fsp3) is 0.435. The van der Waals surface area contributed by atoms with Crippen molar-refractivity contribution in [1.29, 1.82) is 0 Å². The number of piperidine rings is 1. The highest BCUT2D eigenvalue weighted by molar-refractivity contribution is 5.97. The second-order valence-electron chi connectivity index (χ2n) is 7.54. The normalized spacial score (nSPS) is 16.9. The van der Waals surface area contributed by atoms with Crippen LogP contribution in [0.4, 0.5) is 0 Å². The van der Waals surface area contributed by atoms with E-state index in [9.17, 15) is 9.90 Å². The smallest absolute Gasteiger partial charge is 0.166 e. The van der Waals surface area contributed by atoms with E-state index in [1.165, 1.54) is 5.56 Å². The first-order valence-corrected chi connectivity index (χ1v) is 9.72. The van der Waals surface area contributed by atoms with Crippen LogP contribution in [0.25, 0.3) is 0 Å². The summed E-state index contributed by atoms with van der Waals surface area (Å²) in [5.74, 6) is 1.15. The highest BCUT2D eigenvalue weighted by Crippen LogP contribution is 2.22. The number of aliphatic hydroxyl groups is 1. The molecule has 0 radical (unpaired) electrons. The van der Waals surface area contributed by atoms with E-state index in [0.29, 0.717) is 6.54 Å². The Bertz CT molecular complexity index is 748. The molecule has 0 bridgehead atoms. The monoisotopic (exact) mass is 367 g/mol. The number of carbonyl (C=O) groups excluding carboxylic acids is 1. The van der Waals surface area contributed by atoms with E-state index in [2.05, 4.69) is 4.90 Å². The van der Waals surface area contributed by atoms with Gasteiger partial charge in [0.05, 0.1) is 0 Å². The summed E-state index contributed by atoms with van der Waals surface area (Å²) in [6, 6.07) is 15.7. The Morgan fingerprint density at radius 3 is 2.44 bits per heavy atom. The van der Waals surface area contributed by atoms with E-state index < -0.39 is 6.10 Å². The Morgan fingerprint density at radius 2 is 1.78 bits per heavy atom.